The second-order valence-corrected chi connectivity index (χ2v) is 7.70. The third kappa shape index (κ3) is 4.26. The summed E-state index contributed by atoms with van der Waals surface area (Å²) >= 11 is 5.84. The van der Waals surface area contributed by atoms with Crippen molar-refractivity contribution in [2.45, 2.75) is 25.3 Å². The van der Waals surface area contributed by atoms with Gasteiger partial charge in [-0.3, -0.25) is 19.8 Å². The van der Waals surface area contributed by atoms with E-state index in [0.29, 0.717) is 0 Å². The Labute approximate surface area is 172 Å². The number of anilines is 1. The van der Waals surface area contributed by atoms with Crippen LogP contribution < -0.4 is 5.32 Å². The fourth-order valence-corrected chi connectivity index (χ4v) is 4.11. The predicted octanol–water partition coefficient (Wildman–Crippen LogP) is 4.90. The van der Waals surface area contributed by atoms with Gasteiger partial charge in [0.15, 0.2) is 0 Å². The SMILES string of the molecule is O=C(CN1CCCCC1c1cc2ccccc2[nH]1)Nc1ccc(Cl)cc1[N+](=O)[O-]. The maximum absolute atomic E-state index is 12.7. The second kappa shape index (κ2) is 8.23. The molecule has 0 radical (unpaired) electrons. The number of nitro groups is 1. The second-order valence-electron chi connectivity index (χ2n) is 7.26. The Morgan fingerprint density at radius 1 is 1.24 bits per heavy atom. The third-order valence-electron chi connectivity index (χ3n) is 5.30. The molecule has 1 saturated heterocycles. The van der Waals surface area contributed by atoms with Crippen molar-refractivity contribution >= 4 is 39.8 Å². The van der Waals surface area contributed by atoms with Crippen LogP contribution in [-0.4, -0.2) is 33.8 Å². The molecule has 1 atom stereocenters. The first-order chi connectivity index (χ1) is 14.0. The predicted molar refractivity (Wildman–Crippen MR) is 113 cm³/mol. The van der Waals surface area contributed by atoms with Crippen LogP contribution in [0.15, 0.2) is 48.5 Å². The molecule has 0 spiro atoms. The molecule has 8 heteroatoms. The average molecular weight is 413 g/mol. The lowest BCUT2D eigenvalue weighted by Crippen LogP contribution is -2.39. The maximum Gasteiger partial charge on any atom is 0.294 e. The summed E-state index contributed by atoms with van der Waals surface area (Å²) in [4.78, 5) is 29.0. The van der Waals surface area contributed by atoms with E-state index in [4.69, 9.17) is 11.6 Å². The smallest absolute Gasteiger partial charge is 0.294 e. The van der Waals surface area contributed by atoms with Crippen LogP contribution in [0.4, 0.5) is 11.4 Å². The number of fused-ring (bicyclic) bond motifs is 1. The zero-order valence-electron chi connectivity index (χ0n) is 15.7. The average Bonchev–Trinajstić information content (AvgIpc) is 3.13. The topological polar surface area (TPSA) is 91.3 Å². The fraction of sp³-hybridized carbons (Fsp3) is 0.286. The number of hydrogen-bond acceptors (Lipinski definition) is 4. The summed E-state index contributed by atoms with van der Waals surface area (Å²) in [6.07, 6.45) is 3.08. The van der Waals surface area contributed by atoms with Gasteiger partial charge in [-0.1, -0.05) is 36.2 Å². The Bertz CT molecular complexity index is 1030. The Hall–Kier alpha value is -2.90. The van der Waals surface area contributed by atoms with Crippen LogP contribution in [0.5, 0.6) is 0 Å². The molecule has 4 rings (SSSR count). The third-order valence-corrected chi connectivity index (χ3v) is 5.54. The number of amides is 1. The molecule has 2 heterocycles. The van der Waals surface area contributed by atoms with Crippen LogP contribution in [0.1, 0.15) is 31.0 Å². The molecule has 1 aromatic heterocycles. The first kappa shape index (κ1) is 19.4. The Balaban J connectivity index is 1.51. The number of carbonyl (C=O) groups is 1. The summed E-state index contributed by atoms with van der Waals surface area (Å²) in [5.74, 6) is -0.279. The zero-order chi connectivity index (χ0) is 20.4. The van der Waals surface area contributed by atoms with Gasteiger partial charge in [0.05, 0.1) is 17.5 Å². The normalized spacial score (nSPS) is 17.3. The molecular formula is C21H21ClN4O3. The van der Waals surface area contributed by atoms with E-state index >= 15 is 0 Å². The molecule has 1 fully saturated rings. The van der Waals surface area contributed by atoms with Crippen molar-refractivity contribution in [3.05, 3.63) is 69.4 Å². The summed E-state index contributed by atoms with van der Waals surface area (Å²) in [6, 6.07) is 14.6. The molecule has 0 bridgehead atoms. The Kier molecular flexibility index (Phi) is 5.51. The molecule has 29 heavy (non-hydrogen) atoms. The van der Waals surface area contributed by atoms with Gasteiger partial charge in [0, 0.05) is 22.3 Å². The lowest BCUT2D eigenvalue weighted by atomic mass is 9.99. The van der Waals surface area contributed by atoms with Gasteiger partial charge >= 0.3 is 0 Å². The summed E-state index contributed by atoms with van der Waals surface area (Å²) in [6.45, 7) is 0.968. The van der Waals surface area contributed by atoms with Crippen LogP contribution in [0.2, 0.25) is 5.02 Å². The van der Waals surface area contributed by atoms with Gasteiger partial charge in [0.25, 0.3) is 5.69 Å². The highest BCUT2D eigenvalue weighted by Gasteiger charge is 2.27. The lowest BCUT2D eigenvalue weighted by Gasteiger charge is -2.34. The number of rotatable bonds is 5. The molecule has 1 unspecified atom stereocenters. The number of aromatic nitrogens is 1. The van der Waals surface area contributed by atoms with Gasteiger partial charge in [0.2, 0.25) is 5.91 Å². The van der Waals surface area contributed by atoms with Gasteiger partial charge in [0.1, 0.15) is 5.69 Å². The minimum absolute atomic E-state index is 0.113. The van der Waals surface area contributed by atoms with E-state index in [1.807, 2.05) is 18.2 Å². The van der Waals surface area contributed by atoms with Crippen molar-refractivity contribution in [2.75, 3.05) is 18.4 Å². The van der Waals surface area contributed by atoms with Gasteiger partial charge in [-0.25, -0.2) is 0 Å². The van der Waals surface area contributed by atoms with Gasteiger partial charge in [-0.2, -0.15) is 0 Å². The van der Waals surface area contributed by atoms with Gasteiger partial charge < -0.3 is 10.3 Å². The number of aromatic amines is 1. The number of H-pyrrole nitrogens is 1. The number of para-hydroxylation sites is 1. The Morgan fingerprint density at radius 2 is 2.07 bits per heavy atom. The molecule has 7 nitrogen and oxygen atoms in total. The first-order valence-corrected chi connectivity index (χ1v) is 9.94. The zero-order valence-corrected chi connectivity index (χ0v) is 16.5. The van der Waals surface area contributed by atoms with E-state index in [1.54, 1.807) is 0 Å². The number of halogens is 1. The summed E-state index contributed by atoms with van der Waals surface area (Å²) in [5.41, 5.74) is 2.12. The van der Waals surface area contributed by atoms with Gasteiger partial charge in [-0.15, -0.1) is 0 Å². The summed E-state index contributed by atoms with van der Waals surface area (Å²) in [5, 5.41) is 15.3. The largest absolute Gasteiger partial charge is 0.357 e. The summed E-state index contributed by atoms with van der Waals surface area (Å²) in [7, 11) is 0. The van der Waals surface area contributed by atoms with E-state index in [0.717, 1.165) is 42.4 Å². The highest BCUT2D eigenvalue weighted by Crippen LogP contribution is 2.32. The quantitative estimate of drug-likeness (QED) is 0.460. The van der Waals surface area contributed by atoms with Crippen LogP contribution in [0.25, 0.3) is 10.9 Å². The number of hydrogen-bond donors (Lipinski definition) is 2. The number of carbonyl (C=O) groups excluding carboxylic acids is 1. The van der Waals surface area contributed by atoms with Crippen LogP contribution >= 0.6 is 11.6 Å². The highest BCUT2D eigenvalue weighted by atomic mass is 35.5. The fourth-order valence-electron chi connectivity index (χ4n) is 3.94. The van der Waals surface area contributed by atoms with Crippen LogP contribution in [0.3, 0.4) is 0 Å². The van der Waals surface area contributed by atoms with E-state index < -0.39 is 4.92 Å². The molecule has 0 aliphatic carbocycles. The van der Waals surface area contributed by atoms with Gasteiger partial charge in [-0.05, 0) is 49.0 Å². The van der Waals surface area contributed by atoms with E-state index in [-0.39, 0.29) is 34.9 Å². The van der Waals surface area contributed by atoms with E-state index in [2.05, 4.69) is 27.3 Å². The van der Waals surface area contributed by atoms with Crippen molar-refractivity contribution in [1.82, 2.24) is 9.88 Å². The molecule has 0 saturated carbocycles. The minimum Gasteiger partial charge on any atom is -0.357 e. The number of benzene rings is 2. The number of likely N-dealkylation sites (tertiary alicyclic amines) is 1. The lowest BCUT2D eigenvalue weighted by molar-refractivity contribution is -0.383. The number of nitrogens with zero attached hydrogens (tertiary/aromatic N) is 2. The first-order valence-electron chi connectivity index (χ1n) is 9.57. The van der Waals surface area contributed by atoms with Crippen LogP contribution in [0, 0.1) is 10.1 Å². The number of piperidine rings is 1. The van der Waals surface area contributed by atoms with E-state index in [1.165, 1.54) is 18.2 Å². The monoisotopic (exact) mass is 412 g/mol. The number of nitro benzene ring substituents is 1. The Morgan fingerprint density at radius 3 is 2.86 bits per heavy atom. The molecule has 2 N–H and O–H groups in total. The minimum atomic E-state index is -0.546. The maximum atomic E-state index is 12.7. The molecule has 1 aliphatic rings. The molecule has 150 valence electrons. The number of nitrogens with one attached hydrogen (secondary N) is 2. The van der Waals surface area contributed by atoms with Crippen LogP contribution in [-0.2, 0) is 4.79 Å². The standard InChI is InChI=1S/C21H21ClN4O3/c22-15-8-9-17(20(12-15)26(28)29)24-21(27)13-25-10-4-3-7-19(25)18-11-14-5-1-2-6-16(14)23-18/h1-2,5-6,8-9,11-12,19,23H,3-4,7,10,13H2,(H,24,27). The molecular weight excluding hydrogens is 392 g/mol. The molecule has 1 aliphatic heterocycles. The van der Waals surface area contributed by atoms with Crippen molar-refractivity contribution in [1.29, 1.82) is 0 Å². The van der Waals surface area contributed by atoms with E-state index in [9.17, 15) is 14.9 Å². The van der Waals surface area contributed by atoms with Crippen molar-refractivity contribution in [2.24, 2.45) is 0 Å². The van der Waals surface area contributed by atoms with Crippen molar-refractivity contribution < 1.29 is 9.72 Å². The summed E-state index contributed by atoms with van der Waals surface area (Å²) < 4.78 is 0. The van der Waals surface area contributed by atoms with Crippen molar-refractivity contribution in [3.8, 4) is 0 Å². The molecule has 2 aromatic carbocycles. The molecule has 3 aromatic rings. The highest BCUT2D eigenvalue weighted by molar-refractivity contribution is 6.31. The van der Waals surface area contributed by atoms with Crippen molar-refractivity contribution in [3.63, 3.8) is 0 Å². The molecule has 1 amide bonds.